The van der Waals surface area contributed by atoms with Gasteiger partial charge in [-0.2, -0.15) is 4.34 Å². The average molecular weight is 286 g/mol. The molecule has 1 aromatic carbocycles. The van der Waals surface area contributed by atoms with Crippen molar-refractivity contribution in [2.24, 2.45) is 0 Å². The van der Waals surface area contributed by atoms with E-state index in [1.165, 1.54) is 10.6 Å². The number of para-hydroxylation sites is 2. The summed E-state index contributed by atoms with van der Waals surface area (Å²) in [4.78, 5) is 30.7. The number of benzene rings is 1. The lowest BCUT2D eigenvalue weighted by atomic mass is 10.3. The summed E-state index contributed by atoms with van der Waals surface area (Å²) >= 11 is 0. The Labute approximate surface area is 109 Å². The van der Waals surface area contributed by atoms with Gasteiger partial charge in [-0.05, 0) is 19.1 Å². The molecule has 0 bridgehead atoms. The third-order valence-electron chi connectivity index (χ3n) is 2.74. The zero-order chi connectivity index (χ0) is 14.0. The van der Waals surface area contributed by atoms with Gasteiger partial charge >= 0.3 is 13.4 Å². The van der Waals surface area contributed by atoms with E-state index in [9.17, 15) is 19.1 Å². The largest absolute Gasteiger partial charge is 0.438 e. The highest BCUT2D eigenvalue weighted by Gasteiger charge is 2.25. The van der Waals surface area contributed by atoms with Gasteiger partial charge in [0.1, 0.15) is 0 Å². The SMILES string of the molecule is CCOCCn1c(=O)n(P(=O)(O)O)c2ccccc21. The number of nitrogens with zero attached hydrogens (tertiary/aromatic N) is 2. The Kier molecular flexibility index (Phi) is 3.91. The molecule has 0 radical (unpaired) electrons. The molecule has 0 aliphatic heterocycles. The number of aromatic nitrogens is 2. The first-order chi connectivity index (χ1) is 8.96. The summed E-state index contributed by atoms with van der Waals surface area (Å²) in [5, 5.41) is 0. The predicted molar refractivity (Wildman–Crippen MR) is 70.1 cm³/mol. The van der Waals surface area contributed by atoms with E-state index in [0.29, 0.717) is 23.1 Å². The molecular weight excluding hydrogens is 271 g/mol. The van der Waals surface area contributed by atoms with Crippen molar-refractivity contribution in [1.29, 1.82) is 0 Å². The van der Waals surface area contributed by atoms with Gasteiger partial charge in [0, 0.05) is 6.61 Å². The Morgan fingerprint density at radius 3 is 2.47 bits per heavy atom. The van der Waals surface area contributed by atoms with Gasteiger partial charge in [-0.3, -0.25) is 4.57 Å². The standard InChI is InChI=1S/C11H15N2O5P/c1-2-18-8-7-12-9-5-3-4-6-10(9)13(11(12)14)19(15,16)17/h3-6H,2,7-8H2,1H3,(H2,15,16,17). The number of fused-ring (bicyclic) bond motifs is 1. The van der Waals surface area contributed by atoms with Crippen molar-refractivity contribution >= 4 is 18.8 Å². The Hall–Kier alpha value is -1.40. The maximum atomic E-state index is 12.1. The average Bonchev–Trinajstić information content (AvgIpc) is 2.62. The minimum absolute atomic E-state index is 0.220. The van der Waals surface area contributed by atoms with Gasteiger partial charge in [0.25, 0.3) is 0 Å². The van der Waals surface area contributed by atoms with Crippen LogP contribution in [0.2, 0.25) is 0 Å². The van der Waals surface area contributed by atoms with Crippen LogP contribution < -0.4 is 5.69 Å². The molecule has 7 nitrogen and oxygen atoms in total. The summed E-state index contributed by atoms with van der Waals surface area (Å²) in [6.45, 7) is 2.92. The fourth-order valence-corrected chi connectivity index (χ4v) is 2.74. The third-order valence-corrected chi connectivity index (χ3v) is 3.64. The maximum absolute atomic E-state index is 12.1. The van der Waals surface area contributed by atoms with E-state index in [2.05, 4.69) is 0 Å². The molecule has 0 fully saturated rings. The molecular formula is C11H15N2O5P. The van der Waals surface area contributed by atoms with Gasteiger partial charge in [-0.25, -0.2) is 9.36 Å². The summed E-state index contributed by atoms with van der Waals surface area (Å²) < 4.78 is 18.4. The van der Waals surface area contributed by atoms with E-state index in [1.54, 1.807) is 18.2 Å². The Balaban J connectivity index is 2.61. The van der Waals surface area contributed by atoms with Gasteiger partial charge in [-0.15, -0.1) is 0 Å². The third kappa shape index (κ3) is 2.64. The van der Waals surface area contributed by atoms with Crippen LogP contribution in [0, 0.1) is 0 Å². The van der Waals surface area contributed by atoms with E-state index < -0.39 is 13.4 Å². The first-order valence-corrected chi connectivity index (χ1v) is 7.37. The van der Waals surface area contributed by atoms with Crippen LogP contribution in [0.3, 0.4) is 0 Å². The quantitative estimate of drug-likeness (QED) is 0.626. The number of imidazole rings is 1. The molecule has 0 spiro atoms. The zero-order valence-electron chi connectivity index (χ0n) is 10.4. The predicted octanol–water partition coefficient (Wildman–Crippen LogP) is 0.780. The van der Waals surface area contributed by atoms with Crippen LogP contribution in [0.1, 0.15) is 6.92 Å². The molecule has 0 amide bonds. The van der Waals surface area contributed by atoms with Crippen LogP contribution in [0.5, 0.6) is 0 Å². The van der Waals surface area contributed by atoms with Gasteiger partial charge < -0.3 is 14.5 Å². The summed E-state index contributed by atoms with van der Waals surface area (Å²) in [5.74, 6) is 0. The second kappa shape index (κ2) is 5.30. The molecule has 2 N–H and O–H groups in total. The molecule has 1 heterocycles. The van der Waals surface area contributed by atoms with Gasteiger partial charge in [0.15, 0.2) is 0 Å². The summed E-state index contributed by atoms with van der Waals surface area (Å²) in [6.07, 6.45) is 0. The molecule has 0 saturated heterocycles. The highest BCUT2D eigenvalue weighted by Crippen LogP contribution is 2.38. The smallest absolute Gasteiger partial charge is 0.380 e. The Morgan fingerprint density at radius 1 is 1.26 bits per heavy atom. The van der Waals surface area contributed by atoms with Crippen LogP contribution in [0.4, 0.5) is 0 Å². The van der Waals surface area contributed by atoms with Crippen LogP contribution in [0.15, 0.2) is 29.1 Å². The van der Waals surface area contributed by atoms with Crippen molar-refractivity contribution in [1.82, 2.24) is 8.90 Å². The lowest BCUT2D eigenvalue weighted by Gasteiger charge is -2.04. The van der Waals surface area contributed by atoms with Gasteiger partial charge in [0.2, 0.25) is 0 Å². The van der Waals surface area contributed by atoms with E-state index >= 15 is 0 Å². The Bertz CT molecular complexity index is 684. The van der Waals surface area contributed by atoms with Crippen LogP contribution in [-0.4, -0.2) is 31.9 Å². The lowest BCUT2D eigenvalue weighted by molar-refractivity contribution is 0.139. The summed E-state index contributed by atoms with van der Waals surface area (Å²) in [5.41, 5.74) is -0.0258. The Morgan fingerprint density at radius 2 is 1.89 bits per heavy atom. The molecule has 2 rings (SSSR count). The number of rotatable bonds is 5. The second-order valence-electron chi connectivity index (χ2n) is 3.94. The van der Waals surface area contributed by atoms with Crippen molar-refractivity contribution in [3.63, 3.8) is 0 Å². The number of hydrogen-bond donors (Lipinski definition) is 2. The van der Waals surface area contributed by atoms with E-state index in [4.69, 9.17) is 4.74 Å². The van der Waals surface area contributed by atoms with Crippen molar-refractivity contribution in [2.75, 3.05) is 13.2 Å². The van der Waals surface area contributed by atoms with Crippen molar-refractivity contribution in [2.45, 2.75) is 13.5 Å². The molecule has 19 heavy (non-hydrogen) atoms. The maximum Gasteiger partial charge on any atom is 0.438 e. The highest BCUT2D eigenvalue weighted by molar-refractivity contribution is 7.50. The monoisotopic (exact) mass is 286 g/mol. The number of ether oxygens (including phenoxy) is 1. The molecule has 0 saturated carbocycles. The van der Waals surface area contributed by atoms with E-state index in [0.717, 1.165) is 0 Å². The van der Waals surface area contributed by atoms with Gasteiger partial charge in [0.05, 0.1) is 24.2 Å². The molecule has 104 valence electrons. The van der Waals surface area contributed by atoms with Crippen LogP contribution in [-0.2, 0) is 15.8 Å². The minimum Gasteiger partial charge on any atom is -0.380 e. The minimum atomic E-state index is -4.68. The summed E-state index contributed by atoms with van der Waals surface area (Å²) in [7, 11) is -4.68. The fourth-order valence-electron chi connectivity index (χ4n) is 1.96. The molecule has 0 atom stereocenters. The summed E-state index contributed by atoms with van der Waals surface area (Å²) in [6, 6.07) is 6.49. The van der Waals surface area contributed by atoms with E-state index in [-0.39, 0.29) is 12.1 Å². The molecule has 0 aliphatic carbocycles. The second-order valence-corrected chi connectivity index (χ2v) is 5.37. The molecule has 1 aromatic heterocycles. The lowest BCUT2D eigenvalue weighted by Crippen LogP contribution is -2.25. The van der Waals surface area contributed by atoms with Gasteiger partial charge in [-0.1, -0.05) is 12.1 Å². The first kappa shape index (κ1) is 14.0. The van der Waals surface area contributed by atoms with Crippen molar-refractivity contribution in [3.05, 3.63) is 34.7 Å². The van der Waals surface area contributed by atoms with Crippen LogP contribution >= 0.6 is 7.75 Å². The van der Waals surface area contributed by atoms with Crippen molar-refractivity contribution in [3.8, 4) is 0 Å². The van der Waals surface area contributed by atoms with Crippen LogP contribution in [0.25, 0.3) is 11.0 Å². The molecule has 8 heteroatoms. The molecule has 2 aromatic rings. The molecule has 0 aliphatic rings. The number of hydrogen-bond acceptors (Lipinski definition) is 3. The topological polar surface area (TPSA) is 93.7 Å². The van der Waals surface area contributed by atoms with Crippen molar-refractivity contribution < 1.29 is 19.1 Å². The fraction of sp³-hybridized carbons (Fsp3) is 0.364. The first-order valence-electron chi connectivity index (χ1n) is 5.81. The zero-order valence-corrected chi connectivity index (χ0v) is 11.3. The normalized spacial score (nSPS) is 12.2. The molecule has 0 unspecified atom stereocenters. The highest BCUT2D eigenvalue weighted by atomic mass is 31.2. The van der Waals surface area contributed by atoms with E-state index in [1.807, 2.05) is 6.92 Å².